The van der Waals surface area contributed by atoms with Gasteiger partial charge in [0, 0.05) is 21.8 Å². The zero-order valence-corrected chi connectivity index (χ0v) is 20.4. The summed E-state index contributed by atoms with van der Waals surface area (Å²) in [6.45, 7) is 0. The van der Waals surface area contributed by atoms with E-state index < -0.39 is 0 Å². The van der Waals surface area contributed by atoms with E-state index in [1.54, 1.807) is 0 Å². The molecule has 0 saturated heterocycles. The molecule has 1 nitrogen and oxygen atoms in total. The van der Waals surface area contributed by atoms with Gasteiger partial charge in [-0.15, -0.1) is 0 Å². The van der Waals surface area contributed by atoms with Gasteiger partial charge in [0.1, 0.15) is 0 Å². The number of fused-ring (bicyclic) bond motifs is 3. The minimum Gasteiger partial charge on any atom is -0.355 e. The number of H-pyrrole nitrogens is 1. The Balaban J connectivity index is 1.36. The third-order valence-corrected chi connectivity index (χ3v) is 7.18. The Morgan fingerprint density at radius 2 is 0.730 bits per heavy atom. The fraction of sp³-hybridized carbons (Fsp3) is 0. The summed E-state index contributed by atoms with van der Waals surface area (Å²) in [5, 5.41) is 2.52. The maximum Gasteiger partial charge on any atom is 0.0465 e. The summed E-state index contributed by atoms with van der Waals surface area (Å²) in [6, 6.07) is 52.3. The lowest BCUT2D eigenvalue weighted by atomic mass is 9.92. The van der Waals surface area contributed by atoms with E-state index in [9.17, 15) is 0 Å². The van der Waals surface area contributed by atoms with Crippen LogP contribution in [0.15, 0.2) is 146 Å². The molecule has 0 fully saturated rings. The molecule has 1 heteroatoms. The molecular weight excluding hydrogens is 446 g/mol. The standard InChI is InChI=1S/C36H25N/c1-3-10-25(11-4-1)30-21-31(26-12-5-2-6-13-26)23-32(22-30)28-15-9-14-27(20-28)29-18-19-36-34(24-29)33-16-7-8-17-35(33)37-36/h1-24,37H. The monoisotopic (exact) mass is 471 g/mol. The first-order valence-corrected chi connectivity index (χ1v) is 12.7. The van der Waals surface area contributed by atoms with Crippen molar-refractivity contribution in [3.63, 3.8) is 0 Å². The lowest BCUT2D eigenvalue weighted by Crippen LogP contribution is -1.87. The van der Waals surface area contributed by atoms with E-state index in [0.29, 0.717) is 0 Å². The van der Waals surface area contributed by atoms with Crippen molar-refractivity contribution in [3.05, 3.63) is 146 Å². The minimum atomic E-state index is 1.17. The summed E-state index contributed by atoms with van der Waals surface area (Å²) in [7, 11) is 0. The van der Waals surface area contributed by atoms with Gasteiger partial charge in [-0.05, 0) is 87.0 Å². The molecule has 0 unspecified atom stereocenters. The van der Waals surface area contributed by atoms with Crippen LogP contribution in [-0.2, 0) is 0 Å². The number of aromatic amines is 1. The van der Waals surface area contributed by atoms with E-state index >= 15 is 0 Å². The van der Waals surface area contributed by atoms with Gasteiger partial charge in [0.2, 0.25) is 0 Å². The third-order valence-electron chi connectivity index (χ3n) is 7.18. The smallest absolute Gasteiger partial charge is 0.0465 e. The van der Waals surface area contributed by atoms with E-state index in [0.717, 1.165) is 0 Å². The fourth-order valence-corrected chi connectivity index (χ4v) is 5.29. The van der Waals surface area contributed by atoms with Crippen molar-refractivity contribution < 1.29 is 0 Å². The predicted molar refractivity (Wildman–Crippen MR) is 158 cm³/mol. The van der Waals surface area contributed by atoms with Gasteiger partial charge in [0.25, 0.3) is 0 Å². The van der Waals surface area contributed by atoms with Crippen molar-refractivity contribution in [1.29, 1.82) is 0 Å². The molecule has 6 aromatic carbocycles. The quantitative estimate of drug-likeness (QED) is 0.263. The molecule has 0 aliphatic carbocycles. The van der Waals surface area contributed by atoms with Crippen molar-refractivity contribution in [2.75, 3.05) is 0 Å². The molecule has 7 aromatic rings. The summed E-state index contributed by atoms with van der Waals surface area (Å²) in [5.74, 6) is 0. The van der Waals surface area contributed by atoms with Crippen LogP contribution in [0.3, 0.4) is 0 Å². The normalized spacial score (nSPS) is 11.2. The molecule has 0 atom stereocenters. The van der Waals surface area contributed by atoms with Gasteiger partial charge in [-0.1, -0.05) is 103 Å². The lowest BCUT2D eigenvalue weighted by Gasteiger charge is -2.12. The molecule has 37 heavy (non-hydrogen) atoms. The van der Waals surface area contributed by atoms with Gasteiger partial charge in [-0.2, -0.15) is 0 Å². The average Bonchev–Trinajstić information content (AvgIpc) is 3.36. The largest absolute Gasteiger partial charge is 0.355 e. The average molecular weight is 472 g/mol. The van der Waals surface area contributed by atoms with Crippen molar-refractivity contribution in [3.8, 4) is 44.5 Å². The summed E-state index contributed by atoms with van der Waals surface area (Å²) < 4.78 is 0. The van der Waals surface area contributed by atoms with Crippen LogP contribution in [0.2, 0.25) is 0 Å². The number of hydrogen-bond acceptors (Lipinski definition) is 0. The van der Waals surface area contributed by atoms with Gasteiger partial charge in [-0.25, -0.2) is 0 Å². The molecule has 0 saturated carbocycles. The highest BCUT2D eigenvalue weighted by molar-refractivity contribution is 6.08. The van der Waals surface area contributed by atoms with Gasteiger partial charge >= 0.3 is 0 Å². The highest BCUT2D eigenvalue weighted by atomic mass is 14.7. The van der Waals surface area contributed by atoms with E-state index in [4.69, 9.17) is 0 Å². The lowest BCUT2D eigenvalue weighted by molar-refractivity contribution is 1.54. The molecule has 0 spiro atoms. The molecular formula is C36H25N. The van der Waals surface area contributed by atoms with Crippen LogP contribution in [0, 0.1) is 0 Å². The third kappa shape index (κ3) is 4.01. The molecule has 1 N–H and O–H groups in total. The van der Waals surface area contributed by atoms with Gasteiger partial charge < -0.3 is 4.98 Å². The Morgan fingerprint density at radius 1 is 0.270 bits per heavy atom. The number of aromatic nitrogens is 1. The molecule has 174 valence electrons. The van der Waals surface area contributed by atoms with Gasteiger partial charge in [0.15, 0.2) is 0 Å². The van der Waals surface area contributed by atoms with Gasteiger partial charge in [-0.3, -0.25) is 0 Å². The fourth-order valence-electron chi connectivity index (χ4n) is 5.29. The van der Waals surface area contributed by atoms with E-state index in [1.807, 2.05) is 0 Å². The first-order chi connectivity index (χ1) is 18.3. The Labute approximate surface area is 216 Å². The molecule has 0 aliphatic rings. The van der Waals surface area contributed by atoms with Crippen LogP contribution >= 0.6 is 0 Å². The van der Waals surface area contributed by atoms with E-state index in [2.05, 4.69) is 151 Å². The van der Waals surface area contributed by atoms with E-state index in [-0.39, 0.29) is 0 Å². The maximum atomic E-state index is 3.54. The number of benzene rings is 6. The molecule has 0 amide bonds. The number of rotatable bonds is 4. The van der Waals surface area contributed by atoms with Gasteiger partial charge in [0.05, 0.1) is 0 Å². The molecule has 1 aromatic heterocycles. The Hall–Kier alpha value is -4.88. The van der Waals surface area contributed by atoms with Crippen LogP contribution in [0.25, 0.3) is 66.3 Å². The van der Waals surface area contributed by atoms with Crippen molar-refractivity contribution in [2.24, 2.45) is 0 Å². The zero-order chi connectivity index (χ0) is 24.6. The second-order valence-electron chi connectivity index (χ2n) is 9.54. The first kappa shape index (κ1) is 21.4. The Kier molecular flexibility index (Phi) is 5.19. The topological polar surface area (TPSA) is 15.8 Å². The zero-order valence-electron chi connectivity index (χ0n) is 20.4. The number of hydrogen-bond donors (Lipinski definition) is 1. The highest BCUT2D eigenvalue weighted by Crippen LogP contribution is 2.35. The van der Waals surface area contributed by atoms with Crippen LogP contribution in [0.4, 0.5) is 0 Å². The van der Waals surface area contributed by atoms with Crippen LogP contribution < -0.4 is 0 Å². The van der Waals surface area contributed by atoms with Crippen LogP contribution in [0.1, 0.15) is 0 Å². The molecule has 7 rings (SSSR count). The summed E-state index contributed by atoms with van der Waals surface area (Å²) in [5.41, 5.74) is 12.1. The second kappa shape index (κ2) is 8.96. The Morgan fingerprint density at radius 3 is 1.41 bits per heavy atom. The number of nitrogens with one attached hydrogen (secondary N) is 1. The predicted octanol–water partition coefficient (Wildman–Crippen LogP) is 9.99. The summed E-state index contributed by atoms with van der Waals surface area (Å²) in [4.78, 5) is 3.54. The maximum absolute atomic E-state index is 3.54. The SMILES string of the molecule is c1ccc(-c2cc(-c3ccccc3)cc(-c3cccc(-c4ccc5[nH]c6ccccc6c5c4)c3)c2)cc1. The Bertz CT molecular complexity index is 1800. The van der Waals surface area contributed by atoms with Crippen molar-refractivity contribution >= 4 is 21.8 Å². The van der Waals surface area contributed by atoms with Crippen LogP contribution in [-0.4, -0.2) is 4.98 Å². The van der Waals surface area contributed by atoms with Crippen molar-refractivity contribution in [2.45, 2.75) is 0 Å². The molecule has 0 bridgehead atoms. The minimum absolute atomic E-state index is 1.17. The van der Waals surface area contributed by atoms with Crippen molar-refractivity contribution in [1.82, 2.24) is 4.98 Å². The summed E-state index contributed by atoms with van der Waals surface area (Å²) >= 11 is 0. The summed E-state index contributed by atoms with van der Waals surface area (Å²) in [6.07, 6.45) is 0. The molecule has 0 aliphatic heterocycles. The number of para-hydroxylation sites is 1. The molecule has 0 radical (unpaired) electrons. The first-order valence-electron chi connectivity index (χ1n) is 12.7. The molecule has 1 heterocycles. The van der Waals surface area contributed by atoms with E-state index in [1.165, 1.54) is 66.3 Å². The second-order valence-corrected chi connectivity index (χ2v) is 9.54. The van der Waals surface area contributed by atoms with Crippen LogP contribution in [0.5, 0.6) is 0 Å². The highest BCUT2D eigenvalue weighted by Gasteiger charge is 2.10.